The molecule has 2 heterocycles. The first kappa shape index (κ1) is 12.3. The molecule has 1 aliphatic rings. The van der Waals surface area contributed by atoms with Crippen LogP contribution < -0.4 is 9.80 Å². The average molecular weight is 258 g/mol. The summed E-state index contributed by atoms with van der Waals surface area (Å²) in [5.41, 5.74) is 0. The van der Waals surface area contributed by atoms with Crippen LogP contribution in [0.5, 0.6) is 0 Å². The largest absolute Gasteiger partial charge is 0.375 e. The van der Waals surface area contributed by atoms with Gasteiger partial charge in [0.1, 0.15) is 0 Å². The summed E-state index contributed by atoms with van der Waals surface area (Å²) in [5.74, 6) is 1.18. The lowest BCUT2D eigenvalue weighted by Crippen LogP contribution is -2.42. The molecule has 1 atom stereocenters. The molecule has 1 saturated heterocycles. The topological polar surface area (TPSA) is 54.4 Å². The van der Waals surface area contributed by atoms with E-state index in [0.29, 0.717) is 18.5 Å². The highest BCUT2D eigenvalue weighted by Gasteiger charge is 2.20. The lowest BCUT2D eigenvalue weighted by atomic mass is 10.3. The standard InChI is InChI=1S/C10H16ClN5O/c1-7-6-16(4-5-17-7)10-13-8(11)12-9(14-10)15(2)3/h7H,4-6H2,1-3H3. The number of hydrogen-bond acceptors (Lipinski definition) is 6. The molecule has 0 aliphatic carbocycles. The summed E-state index contributed by atoms with van der Waals surface area (Å²) in [5, 5.41) is 0.220. The number of halogens is 1. The molecule has 1 fully saturated rings. The van der Waals surface area contributed by atoms with Crippen molar-refractivity contribution in [3.8, 4) is 0 Å². The number of anilines is 2. The fraction of sp³-hybridized carbons (Fsp3) is 0.700. The van der Waals surface area contributed by atoms with E-state index in [4.69, 9.17) is 16.3 Å². The SMILES string of the molecule is CC1CN(c2nc(Cl)nc(N(C)C)n2)CCO1. The predicted molar refractivity (Wildman–Crippen MR) is 66.8 cm³/mol. The highest BCUT2D eigenvalue weighted by molar-refractivity contribution is 6.28. The van der Waals surface area contributed by atoms with E-state index in [9.17, 15) is 0 Å². The van der Waals surface area contributed by atoms with Gasteiger partial charge in [0.05, 0.1) is 12.7 Å². The van der Waals surface area contributed by atoms with Crippen LogP contribution in [0.15, 0.2) is 0 Å². The molecule has 0 amide bonds. The zero-order chi connectivity index (χ0) is 12.4. The maximum absolute atomic E-state index is 5.90. The van der Waals surface area contributed by atoms with Gasteiger partial charge < -0.3 is 14.5 Å². The van der Waals surface area contributed by atoms with Crippen molar-refractivity contribution in [2.75, 3.05) is 43.6 Å². The average Bonchev–Trinajstić information content (AvgIpc) is 2.28. The lowest BCUT2D eigenvalue weighted by Gasteiger charge is -2.31. The van der Waals surface area contributed by atoms with Gasteiger partial charge in [-0.2, -0.15) is 15.0 Å². The quantitative estimate of drug-likeness (QED) is 0.782. The third-order valence-electron chi connectivity index (χ3n) is 2.51. The van der Waals surface area contributed by atoms with E-state index in [0.717, 1.165) is 13.1 Å². The van der Waals surface area contributed by atoms with Gasteiger partial charge in [0.2, 0.25) is 17.2 Å². The van der Waals surface area contributed by atoms with Crippen LogP contribution in [0.25, 0.3) is 0 Å². The van der Waals surface area contributed by atoms with Crippen molar-refractivity contribution in [3.05, 3.63) is 5.28 Å². The first-order valence-corrected chi connectivity index (χ1v) is 5.89. The monoisotopic (exact) mass is 257 g/mol. The molecule has 7 heteroatoms. The molecule has 1 aromatic heterocycles. The van der Waals surface area contributed by atoms with Gasteiger partial charge in [-0.05, 0) is 18.5 Å². The van der Waals surface area contributed by atoms with Crippen LogP contribution in [0.4, 0.5) is 11.9 Å². The Balaban J connectivity index is 2.25. The normalized spacial score (nSPS) is 20.5. The Labute approximate surface area is 106 Å². The summed E-state index contributed by atoms with van der Waals surface area (Å²) in [7, 11) is 3.74. The first-order valence-electron chi connectivity index (χ1n) is 5.51. The van der Waals surface area contributed by atoms with E-state index in [1.807, 2.05) is 21.0 Å². The number of ether oxygens (including phenoxy) is 1. The third kappa shape index (κ3) is 2.95. The third-order valence-corrected chi connectivity index (χ3v) is 2.68. The zero-order valence-electron chi connectivity index (χ0n) is 10.2. The minimum Gasteiger partial charge on any atom is -0.375 e. The molecule has 1 unspecified atom stereocenters. The Hall–Kier alpha value is -1.14. The zero-order valence-corrected chi connectivity index (χ0v) is 11.0. The minimum atomic E-state index is 0.182. The van der Waals surface area contributed by atoms with Crippen molar-refractivity contribution in [1.82, 2.24) is 15.0 Å². The Bertz CT molecular complexity index is 400. The van der Waals surface area contributed by atoms with Crippen LogP contribution in [0.3, 0.4) is 0 Å². The highest BCUT2D eigenvalue weighted by atomic mass is 35.5. The molecule has 0 N–H and O–H groups in total. The van der Waals surface area contributed by atoms with E-state index in [1.165, 1.54) is 0 Å². The summed E-state index contributed by atoms with van der Waals surface area (Å²) >= 11 is 5.90. The molecule has 2 rings (SSSR count). The number of morpholine rings is 1. The summed E-state index contributed by atoms with van der Waals surface area (Å²) in [6.07, 6.45) is 0.182. The highest BCUT2D eigenvalue weighted by Crippen LogP contribution is 2.17. The van der Waals surface area contributed by atoms with Gasteiger partial charge in [0.25, 0.3) is 0 Å². The van der Waals surface area contributed by atoms with Crippen molar-refractivity contribution < 1.29 is 4.74 Å². The molecule has 0 saturated carbocycles. The van der Waals surface area contributed by atoms with Gasteiger partial charge in [-0.3, -0.25) is 0 Å². The van der Waals surface area contributed by atoms with Crippen LogP contribution in [0.2, 0.25) is 5.28 Å². The Morgan fingerprint density at radius 3 is 2.76 bits per heavy atom. The van der Waals surface area contributed by atoms with E-state index in [1.54, 1.807) is 4.90 Å². The fourth-order valence-corrected chi connectivity index (χ4v) is 1.82. The Kier molecular flexibility index (Phi) is 3.63. The number of aromatic nitrogens is 3. The summed E-state index contributed by atoms with van der Waals surface area (Å²) in [6, 6.07) is 0. The van der Waals surface area contributed by atoms with Gasteiger partial charge in [-0.1, -0.05) is 0 Å². The molecule has 0 aromatic carbocycles. The van der Waals surface area contributed by atoms with E-state index in [2.05, 4.69) is 19.9 Å². The van der Waals surface area contributed by atoms with Crippen LogP contribution in [-0.2, 0) is 4.74 Å². The van der Waals surface area contributed by atoms with Crippen molar-refractivity contribution >= 4 is 23.5 Å². The summed E-state index contributed by atoms with van der Waals surface area (Å²) in [6.45, 7) is 4.26. The molecule has 1 aliphatic heterocycles. The van der Waals surface area contributed by atoms with Crippen LogP contribution >= 0.6 is 11.6 Å². The second-order valence-corrected chi connectivity index (χ2v) is 4.56. The van der Waals surface area contributed by atoms with Gasteiger partial charge in [0.15, 0.2) is 0 Å². The maximum Gasteiger partial charge on any atom is 0.231 e. The van der Waals surface area contributed by atoms with E-state index < -0.39 is 0 Å². The van der Waals surface area contributed by atoms with Gasteiger partial charge in [-0.15, -0.1) is 0 Å². The molecule has 6 nitrogen and oxygen atoms in total. The van der Waals surface area contributed by atoms with Crippen LogP contribution in [-0.4, -0.2) is 54.8 Å². The predicted octanol–water partition coefficient (Wildman–Crippen LogP) is 0.816. The Morgan fingerprint density at radius 2 is 2.12 bits per heavy atom. The smallest absolute Gasteiger partial charge is 0.231 e. The Morgan fingerprint density at radius 1 is 1.35 bits per heavy atom. The van der Waals surface area contributed by atoms with Gasteiger partial charge >= 0.3 is 0 Å². The fourth-order valence-electron chi connectivity index (χ4n) is 1.67. The van der Waals surface area contributed by atoms with Crippen molar-refractivity contribution in [3.63, 3.8) is 0 Å². The van der Waals surface area contributed by atoms with E-state index in [-0.39, 0.29) is 11.4 Å². The van der Waals surface area contributed by atoms with Crippen LogP contribution in [0.1, 0.15) is 6.92 Å². The summed E-state index contributed by atoms with van der Waals surface area (Å²) in [4.78, 5) is 16.5. The van der Waals surface area contributed by atoms with E-state index >= 15 is 0 Å². The first-order chi connectivity index (χ1) is 8.06. The van der Waals surface area contributed by atoms with Crippen LogP contribution in [0, 0.1) is 0 Å². The molecular weight excluding hydrogens is 242 g/mol. The molecule has 1 aromatic rings. The van der Waals surface area contributed by atoms with Crippen molar-refractivity contribution in [2.45, 2.75) is 13.0 Å². The van der Waals surface area contributed by atoms with Crippen molar-refractivity contribution in [2.24, 2.45) is 0 Å². The molecule has 94 valence electrons. The number of nitrogens with zero attached hydrogens (tertiary/aromatic N) is 5. The second-order valence-electron chi connectivity index (χ2n) is 4.23. The molecule has 0 radical (unpaired) electrons. The number of rotatable bonds is 2. The minimum absolute atomic E-state index is 0.182. The maximum atomic E-state index is 5.90. The molecule has 0 spiro atoms. The molecule has 17 heavy (non-hydrogen) atoms. The number of hydrogen-bond donors (Lipinski definition) is 0. The molecule has 0 bridgehead atoms. The molecular formula is C10H16ClN5O. The van der Waals surface area contributed by atoms with Crippen molar-refractivity contribution in [1.29, 1.82) is 0 Å². The lowest BCUT2D eigenvalue weighted by molar-refractivity contribution is 0.0526. The second kappa shape index (κ2) is 5.01. The van der Waals surface area contributed by atoms with Gasteiger partial charge in [-0.25, -0.2) is 0 Å². The van der Waals surface area contributed by atoms with Gasteiger partial charge in [0, 0.05) is 27.2 Å². The summed E-state index contributed by atoms with van der Waals surface area (Å²) < 4.78 is 5.48.